The number of nitrogens with two attached hydrogens (primary N) is 1. The van der Waals surface area contributed by atoms with Crippen LogP contribution in [0, 0.1) is 27.7 Å². The van der Waals surface area contributed by atoms with Crippen molar-refractivity contribution in [1.82, 2.24) is 10.2 Å². The van der Waals surface area contributed by atoms with Crippen molar-refractivity contribution in [3.63, 3.8) is 0 Å². The maximum absolute atomic E-state index is 6.58. The van der Waals surface area contributed by atoms with E-state index in [1.807, 2.05) is 0 Å². The van der Waals surface area contributed by atoms with Gasteiger partial charge in [-0.05, 0) is 62.6 Å². The fraction of sp³-hybridized carbons (Fsp3) is 0.625. The summed E-state index contributed by atoms with van der Waals surface area (Å²) >= 11 is 0. The van der Waals surface area contributed by atoms with Crippen LogP contribution in [-0.4, -0.2) is 37.6 Å². The zero-order valence-corrected chi connectivity index (χ0v) is 12.9. The van der Waals surface area contributed by atoms with Crippen LogP contribution < -0.4 is 11.1 Å². The van der Waals surface area contributed by atoms with Gasteiger partial charge in [-0.1, -0.05) is 6.07 Å². The molecule has 1 saturated heterocycles. The second kappa shape index (κ2) is 5.61. The lowest BCUT2D eigenvalue weighted by atomic mass is 9.86. The number of benzene rings is 1. The molecule has 19 heavy (non-hydrogen) atoms. The molecule has 0 radical (unpaired) electrons. The smallest absolute Gasteiger partial charge is 0.0468 e. The molecule has 0 aromatic heterocycles. The highest BCUT2D eigenvalue weighted by atomic mass is 15.2. The summed E-state index contributed by atoms with van der Waals surface area (Å²) in [5.41, 5.74) is 13.3. The van der Waals surface area contributed by atoms with E-state index in [0.717, 1.165) is 19.6 Å². The summed E-state index contributed by atoms with van der Waals surface area (Å²) in [7, 11) is 2.17. The molecule has 3 nitrogen and oxygen atoms in total. The largest absolute Gasteiger partial charge is 0.323 e. The molecule has 0 saturated carbocycles. The molecule has 3 heteroatoms. The third kappa shape index (κ3) is 2.83. The standard InChI is InChI=1S/C16H27N3/c1-10-8-11(2)13(4)15(12(10)3)16(17)14-9-19(5)7-6-18-14/h8,14,16,18H,6-7,9,17H2,1-5H3. The highest BCUT2D eigenvalue weighted by molar-refractivity contribution is 5.46. The molecule has 1 heterocycles. The summed E-state index contributed by atoms with van der Waals surface area (Å²) in [6.07, 6.45) is 0. The highest BCUT2D eigenvalue weighted by Gasteiger charge is 2.26. The minimum Gasteiger partial charge on any atom is -0.323 e. The SMILES string of the molecule is Cc1cc(C)c(C)c(C(N)C2CN(C)CCN2)c1C. The Kier molecular flexibility index (Phi) is 4.29. The van der Waals surface area contributed by atoms with Gasteiger partial charge in [0.25, 0.3) is 0 Å². The molecule has 0 bridgehead atoms. The summed E-state index contributed by atoms with van der Waals surface area (Å²) in [6.45, 7) is 11.9. The summed E-state index contributed by atoms with van der Waals surface area (Å²) in [5.74, 6) is 0. The molecule has 1 fully saturated rings. The highest BCUT2D eigenvalue weighted by Crippen LogP contribution is 2.28. The van der Waals surface area contributed by atoms with Gasteiger partial charge in [0, 0.05) is 31.7 Å². The fourth-order valence-electron chi connectivity index (χ4n) is 3.12. The number of aryl methyl sites for hydroxylation is 2. The van der Waals surface area contributed by atoms with Crippen LogP contribution in [0.25, 0.3) is 0 Å². The Hall–Kier alpha value is -0.900. The average Bonchev–Trinajstić information content (AvgIpc) is 2.36. The van der Waals surface area contributed by atoms with E-state index < -0.39 is 0 Å². The Morgan fingerprint density at radius 3 is 2.32 bits per heavy atom. The van der Waals surface area contributed by atoms with Gasteiger partial charge in [-0.25, -0.2) is 0 Å². The molecule has 2 atom stereocenters. The third-order valence-corrected chi connectivity index (χ3v) is 4.60. The Balaban J connectivity index is 2.35. The maximum Gasteiger partial charge on any atom is 0.0468 e. The van der Waals surface area contributed by atoms with Gasteiger partial charge in [0.15, 0.2) is 0 Å². The first kappa shape index (κ1) is 14.5. The molecular weight excluding hydrogens is 234 g/mol. The molecule has 1 aromatic rings. The minimum absolute atomic E-state index is 0.0707. The summed E-state index contributed by atoms with van der Waals surface area (Å²) in [4.78, 5) is 2.36. The van der Waals surface area contributed by atoms with Gasteiger partial charge in [-0.3, -0.25) is 0 Å². The summed E-state index contributed by atoms with van der Waals surface area (Å²) in [5, 5.41) is 3.57. The average molecular weight is 261 g/mol. The first-order valence-electron chi connectivity index (χ1n) is 7.16. The second-order valence-corrected chi connectivity index (χ2v) is 6.02. The molecular formula is C16H27N3. The third-order valence-electron chi connectivity index (χ3n) is 4.60. The number of likely N-dealkylation sites (N-methyl/N-ethyl adjacent to an activating group) is 1. The van der Waals surface area contributed by atoms with Crippen molar-refractivity contribution in [3.05, 3.63) is 33.9 Å². The maximum atomic E-state index is 6.58. The van der Waals surface area contributed by atoms with Crippen LogP contribution in [0.1, 0.15) is 33.9 Å². The van der Waals surface area contributed by atoms with Crippen LogP contribution in [-0.2, 0) is 0 Å². The summed E-state index contributed by atoms with van der Waals surface area (Å²) < 4.78 is 0. The number of nitrogens with zero attached hydrogens (tertiary/aromatic N) is 1. The zero-order chi connectivity index (χ0) is 14.2. The van der Waals surface area contributed by atoms with E-state index in [1.165, 1.54) is 27.8 Å². The van der Waals surface area contributed by atoms with Crippen LogP contribution in [0.2, 0.25) is 0 Å². The first-order chi connectivity index (χ1) is 8.91. The lowest BCUT2D eigenvalue weighted by Gasteiger charge is -2.36. The van der Waals surface area contributed by atoms with Crippen LogP contribution in [0.4, 0.5) is 0 Å². The van der Waals surface area contributed by atoms with E-state index in [4.69, 9.17) is 5.73 Å². The molecule has 3 N–H and O–H groups in total. The molecule has 1 aromatic carbocycles. The Labute approximate surface area is 117 Å². The second-order valence-electron chi connectivity index (χ2n) is 6.02. The van der Waals surface area contributed by atoms with Gasteiger partial charge >= 0.3 is 0 Å². The Morgan fingerprint density at radius 1 is 1.21 bits per heavy atom. The normalized spacial score (nSPS) is 22.5. The van der Waals surface area contributed by atoms with E-state index >= 15 is 0 Å². The van der Waals surface area contributed by atoms with Gasteiger partial charge in [0.2, 0.25) is 0 Å². The van der Waals surface area contributed by atoms with Crippen molar-refractivity contribution >= 4 is 0 Å². The first-order valence-corrected chi connectivity index (χ1v) is 7.16. The van der Waals surface area contributed by atoms with Crippen LogP contribution in [0.15, 0.2) is 6.07 Å². The Morgan fingerprint density at radius 2 is 1.79 bits per heavy atom. The number of rotatable bonds is 2. The van der Waals surface area contributed by atoms with Gasteiger partial charge < -0.3 is 16.0 Å². The quantitative estimate of drug-likeness (QED) is 0.853. The monoisotopic (exact) mass is 261 g/mol. The van der Waals surface area contributed by atoms with E-state index in [2.05, 4.69) is 51.0 Å². The number of hydrogen-bond acceptors (Lipinski definition) is 3. The lowest BCUT2D eigenvalue weighted by Crippen LogP contribution is -2.53. The van der Waals surface area contributed by atoms with E-state index in [-0.39, 0.29) is 6.04 Å². The predicted molar refractivity (Wildman–Crippen MR) is 81.6 cm³/mol. The van der Waals surface area contributed by atoms with Crippen molar-refractivity contribution in [2.75, 3.05) is 26.7 Å². The molecule has 0 aliphatic carbocycles. The van der Waals surface area contributed by atoms with E-state index in [1.54, 1.807) is 0 Å². The van der Waals surface area contributed by atoms with Gasteiger partial charge in [-0.2, -0.15) is 0 Å². The van der Waals surface area contributed by atoms with Crippen LogP contribution in [0.5, 0.6) is 0 Å². The van der Waals surface area contributed by atoms with Gasteiger partial charge in [-0.15, -0.1) is 0 Å². The minimum atomic E-state index is 0.0707. The predicted octanol–water partition coefficient (Wildman–Crippen LogP) is 1.82. The zero-order valence-electron chi connectivity index (χ0n) is 12.9. The molecule has 2 rings (SSSR count). The van der Waals surface area contributed by atoms with Crippen molar-refractivity contribution in [2.24, 2.45) is 5.73 Å². The molecule has 106 valence electrons. The van der Waals surface area contributed by atoms with Gasteiger partial charge in [0.05, 0.1) is 0 Å². The summed E-state index contributed by atoms with van der Waals surface area (Å²) in [6, 6.07) is 2.68. The Bertz CT molecular complexity index is 441. The molecule has 0 amide bonds. The van der Waals surface area contributed by atoms with Crippen LogP contribution >= 0.6 is 0 Å². The topological polar surface area (TPSA) is 41.3 Å². The number of nitrogens with one attached hydrogen (secondary N) is 1. The number of hydrogen-bond donors (Lipinski definition) is 2. The van der Waals surface area contributed by atoms with E-state index in [0.29, 0.717) is 6.04 Å². The molecule has 2 unspecified atom stereocenters. The van der Waals surface area contributed by atoms with Crippen molar-refractivity contribution in [2.45, 2.75) is 39.8 Å². The van der Waals surface area contributed by atoms with E-state index in [9.17, 15) is 0 Å². The van der Waals surface area contributed by atoms with Crippen molar-refractivity contribution in [3.8, 4) is 0 Å². The van der Waals surface area contributed by atoms with Crippen LogP contribution in [0.3, 0.4) is 0 Å². The number of piperazine rings is 1. The molecule has 1 aliphatic rings. The molecule has 0 spiro atoms. The van der Waals surface area contributed by atoms with Crippen molar-refractivity contribution in [1.29, 1.82) is 0 Å². The van der Waals surface area contributed by atoms with Gasteiger partial charge in [0.1, 0.15) is 0 Å². The fourth-order valence-corrected chi connectivity index (χ4v) is 3.12. The van der Waals surface area contributed by atoms with Crippen molar-refractivity contribution < 1.29 is 0 Å². The molecule has 1 aliphatic heterocycles. The lowest BCUT2D eigenvalue weighted by molar-refractivity contribution is 0.219.